The maximum atomic E-state index is 14.2. The van der Waals surface area contributed by atoms with Crippen LogP contribution >= 0.6 is 11.6 Å². The normalized spacial score (nSPS) is 17.9. The highest BCUT2D eigenvalue weighted by atomic mass is 35.5. The summed E-state index contributed by atoms with van der Waals surface area (Å²) in [6.45, 7) is 2.00. The summed E-state index contributed by atoms with van der Waals surface area (Å²) in [6.07, 6.45) is -1.32. The maximum absolute atomic E-state index is 14.2. The van der Waals surface area contributed by atoms with Gasteiger partial charge < -0.3 is 10.1 Å². The second-order valence-electron chi connectivity index (χ2n) is 6.84. The summed E-state index contributed by atoms with van der Waals surface area (Å²) >= 11 is 5.96. The summed E-state index contributed by atoms with van der Waals surface area (Å²) in [6, 6.07) is 0.741. The zero-order valence-electron chi connectivity index (χ0n) is 16.0. The fourth-order valence-corrected chi connectivity index (χ4v) is 3.19. The zero-order chi connectivity index (χ0) is 22.1. The van der Waals surface area contributed by atoms with Crippen molar-refractivity contribution in [3.05, 3.63) is 34.9 Å². The number of carbonyl (C=O) groups is 1. The second kappa shape index (κ2) is 8.58. The van der Waals surface area contributed by atoms with Gasteiger partial charge in [0.15, 0.2) is 18.2 Å². The van der Waals surface area contributed by atoms with Crippen LogP contribution in [-0.4, -0.2) is 39.7 Å². The number of nitrogens with zero attached hydrogens (tertiary/aromatic N) is 4. The largest absolute Gasteiger partial charge is 0.467 e. The Morgan fingerprint density at radius 3 is 2.70 bits per heavy atom. The van der Waals surface area contributed by atoms with E-state index in [-0.39, 0.29) is 34.6 Å². The van der Waals surface area contributed by atoms with E-state index in [4.69, 9.17) is 11.6 Å². The molecule has 1 amide bonds. The van der Waals surface area contributed by atoms with Crippen LogP contribution in [0.15, 0.2) is 18.5 Å². The minimum absolute atomic E-state index is 0.0688. The van der Waals surface area contributed by atoms with E-state index in [0.29, 0.717) is 18.4 Å². The summed E-state index contributed by atoms with van der Waals surface area (Å²) in [7, 11) is 0. The number of hydrogen-bond donors (Lipinski definition) is 1. The Bertz CT molecular complexity index is 943. The number of alkyl halides is 3. The Hall–Kier alpha value is -2.69. The molecule has 30 heavy (non-hydrogen) atoms. The minimum Gasteiger partial charge on any atom is -0.467 e. The van der Waals surface area contributed by atoms with Crippen LogP contribution in [0.1, 0.15) is 38.3 Å². The molecule has 0 aliphatic carbocycles. The molecule has 7 nitrogen and oxygen atoms in total. The van der Waals surface area contributed by atoms with Gasteiger partial charge in [0.05, 0.1) is 12.2 Å². The van der Waals surface area contributed by atoms with Gasteiger partial charge in [-0.15, -0.1) is 0 Å². The number of ether oxygens (including phenoxy) is 1. The molecule has 2 atom stereocenters. The molecule has 0 aromatic carbocycles. The second-order valence-corrected chi connectivity index (χ2v) is 7.25. The fourth-order valence-electron chi connectivity index (χ4n) is 2.96. The summed E-state index contributed by atoms with van der Waals surface area (Å²) in [5.41, 5.74) is 0.513. The van der Waals surface area contributed by atoms with Gasteiger partial charge in [0.2, 0.25) is 17.7 Å². The highest BCUT2D eigenvalue weighted by Crippen LogP contribution is 2.30. The van der Waals surface area contributed by atoms with Crippen molar-refractivity contribution in [2.45, 2.75) is 44.9 Å². The molecule has 1 aliphatic heterocycles. The number of amides is 1. The monoisotopic (exact) mass is 447 g/mol. The number of pyridine rings is 1. The molecule has 1 saturated heterocycles. The predicted molar refractivity (Wildman–Crippen MR) is 101 cm³/mol. The maximum Gasteiger partial charge on any atom is 0.422 e. The molecule has 3 rings (SSSR count). The van der Waals surface area contributed by atoms with E-state index in [1.165, 1.54) is 17.2 Å². The molecule has 1 N–H and O–H groups in total. The average Bonchev–Trinajstić information content (AvgIpc) is 3.00. The molecule has 0 saturated carbocycles. The van der Waals surface area contributed by atoms with Gasteiger partial charge in [-0.05, 0) is 31.9 Å². The van der Waals surface area contributed by atoms with Crippen LogP contribution in [0, 0.1) is 5.82 Å². The van der Waals surface area contributed by atoms with Crippen LogP contribution < -0.4 is 15.0 Å². The van der Waals surface area contributed by atoms with E-state index >= 15 is 0 Å². The van der Waals surface area contributed by atoms with E-state index in [0.717, 1.165) is 6.20 Å². The van der Waals surface area contributed by atoms with Crippen molar-refractivity contribution in [3.63, 3.8) is 0 Å². The number of hydrogen-bond acceptors (Lipinski definition) is 6. The van der Waals surface area contributed by atoms with Gasteiger partial charge in [-0.2, -0.15) is 18.2 Å². The molecule has 1 unspecified atom stereocenters. The third-order valence-corrected chi connectivity index (χ3v) is 4.76. The summed E-state index contributed by atoms with van der Waals surface area (Å²) < 4.78 is 55.6. The van der Waals surface area contributed by atoms with Crippen LogP contribution in [0.3, 0.4) is 0 Å². The Balaban J connectivity index is 1.74. The molecule has 162 valence electrons. The molecule has 1 aliphatic rings. The van der Waals surface area contributed by atoms with E-state index in [1.54, 1.807) is 13.8 Å². The van der Waals surface area contributed by atoms with E-state index in [9.17, 15) is 22.4 Å². The molecule has 0 bridgehead atoms. The molecule has 1 fully saturated rings. The van der Waals surface area contributed by atoms with Crippen LogP contribution in [0.25, 0.3) is 0 Å². The Kier molecular flexibility index (Phi) is 6.30. The molecular weight excluding hydrogens is 430 g/mol. The lowest BCUT2D eigenvalue weighted by molar-refractivity contribution is -0.154. The van der Waals surface area contributed by atoms with Crippen molar-refractivity contribution < 1.29 is 27.1 Å². The Morgan fingerprint density at radius 1 is 1.37 bits per heavy atom. The van der Waals surface area contributed by atoms with Crippen molar-refractivity contribution in [1.82, 2.24) is 15.0 Å². The number of anilines is 2. The summed E-state index contributed by atoms with van der Waals surface area (Å²) in [5, 5.41) is 2.84. The molecule has 0 spiro atoms. The fraction of sp³-hybridized carbons (Fsp3) is 0.444. The van der Waals surface area contributed by atoms with Crippen molar-refractivity contribution in [2.24, 2.45) is 0 Å². The van der Waals surface area contributed by atoms with Gasteiger partial charge >= 0.3 is 6.18 Å². The zero-order valence-corrected chi connectivity index (χ0v) is 16.8. The van der Waals surface area contributed by atoms with Gasteiger partial charge in [0.25, 0.3) is 0 Å². The SMILES string of the molecule is CC1CCC(=O)N1c1nc(N[C@@H](C)c2cnc(OCC(F)(F)F)c(Cl)c2)ncc1F. The van der Waals surface area contributed by atoms with Gasteiger partial charge in [0, 0.05) is 18.7 Å². The first-order chi connectivity index (χ1) is 14.0. The highest BCUT2D eigenvalue weighted by molar-refractivity contribution is 6.31. The molecule has 3 heterocycles. The third kappa shape index (κ3) is 5.07. The number of nitrogens with one attached hydrogen (secondary N) is 1. The van der Waals surface area contributed by atoms with Crippen molar-refractivity contribution in [3.8, 4) is 5.88 Å². The predicted octanol–water partition coefficient (Wildman–Crippen LogP) is 4.29. The minimum atomic E-state index is -4.51. The molecule has 2 aromatic rings. The van der Waals surface area contributed by atoms with Crippen molar-refractivity contribution in [2.75, 3.05) is 16.8 Å². The number of halogens is 5. The molecular formula is C18H18ClF4N5O2. The lowest BCUT2D eigenvalue weighted by atomic mass is 10.1. The smallest absolute Gasteiger partial charge is 0.422 e. The van der Waals surface area contributed by atoms with Gasteiger partial charge in [-0.25, -0.2) is 14.4 Å². The third-order valence-electron chi connectivity index (χ3n) is 4.49. The summed E-state index contributed by atoms with van der Waals surface area (Å²) in [4.78, 5) is 25.2. The van der Waals surface area contributed by atoms with E-state index in [2.05, 4.69) is 25.0 Å². The van der Waals surface area contributed by atoms with Crippen molar-refractivity contribution in [1.29, 1.82) is 0 Å². The first-order valence-electron chi connectivity index (χ1n) is 9.01. The number of aromatic nitrogens is 3. The number of rotatable bonds is 6. The highest BCUT2D eigenvalue weighted by Gasteiger charge is 2.32. The van der Waals surface area contributed by atoms with Gasteiger partial charge in [0.1, 0.15) is 5.02 Å². The van der Waals surface area contributed by atoms with Crippen molar-refractivity contribution >= 4 is 29.3 Å². The van der Waals surface area contributed by atoms with E-state index in [1.807, 2.05) is 0 Å². The Morgan fingerprint density at radius 2 is 2.10 bits per heavy atom. The topological polar surface area (TPSA) is 80.2 Å². The van der Waals surface area contributed by atoms with Gasteiger partial charge in [-0.3, -0.25) is 9.69 Å². The molecule has 2 aromatic heterocycles. The molecule has 12 heteroatoms. The first kappa shape index (κ1) is 22.0. The quantitative estimate of drug-likeness (QED) is 0.665. The van der Waals surface area contributed by atoms with E-state index < -0.39 is 24.6 Å². The Labute approximate surface area is 174 Å². The lowest BCUT2D eigenvalue weighted by Crippen LogP contribution is -2.32. The summed E-state index contributed by atoms with van der Waals surface area (Å²) in [5.74, 6) is -1.32. The number of carbonyl (C=O) groups excluding carboxylic acids is 1. The van der Waals surface area contributed by atoms with Gasteiger partial charge in [-0.1, -0.05) is 11.6 Å². The molecule has 0 radical (unpaired) electrons. The van der Waals surface area contributed by atoms with Crippen LogP contribution in [0.2, 0.25) is 5.02 Å². The lowest BCUT2D eigenvalue weighted by Gasteiger charge is -2.22. The van der Waals surface area contributed by atoms with Crippen LogP contribution in [-0.2, 0) is 4.79 Å². The standard InChI is InChI=1S/C18H18ClF4N5O2/c1-9-3-4-14(29)28(9)15-13(20)7-25-17(27-15)26-10(2)11-5-12(19)16(24-6-11)30-8-18(21,22)23/h5-7,9-10H,3-4,8H2,1-2H3,(H,25,26,27)/t9?,10-/m0/s1. The first-order valence-corrected chi connectivity index (χ1v) is 9.39. The average molecular weight is 448 g/mol. The van der Waals surface area contributed by atoms with Crippen LogP contribution in [0.4, 0.5) is 29.3 Å². The van der Waals surface area contributed by atoms with Crippen LogP contribution in [0.5, 0.6) is 5.88 Å².